The highest BCUT2D eigenvalue weighted by molar-refractivity contribution is 9.10. The molecular formula is C14H14Br2F3NO. The van der Waals surface area contributed by atoms with Crippen molar-refractivity contribution >= 4 is 37.8 Å². The lowest BCUT2D eigenvalue weighted by Crippen LogP contribution is -2.32. The topological polar surface area (TPSA) is 29.1 Å². The number of carbonyl (C=O) groups excluding carboxylic acids is 1. The molecule has 1 aliphatic rings. The third-order valence-electron chi connectivity index (χ3n) is 3.62. The molecule has 21 heavy (non-hydrogen) atoms. The molecular weight excluding hydrogens is 415 g/mol. The van der Waals surface area contributed by atoms with Crippen LogP contribution in [-0.4, -0.2) is 17.3 Å². The van der Waals surface area contributed by atoms with E-state index in [1.54, 1.807) is 0 Å². The van der Waals surface area contributed by atoms with Crippen LogP contribution in [0.1, 0.15) is 35.2 Å². The summed E-state index contributed by atoms with van der Waals surface area (Å²) in [5.41, 5.74) is -1.26. The molecule has 1 fully saturated rings. The van der Waals surface area contributed by atoms with E-state index in [4.69, 9.17) is 0 Å². The summed E-state index contributed by atoms with van der Waals surface area (Å²) in [5.74, 6) is -0.403. The zero-order chi connectivity index (χ0) is 15.6. The number of amides is 1. The summed E-state index contributed by atoms with van der Waals surface area (Å²) in [4.78, 5) is 12.4. The van der Waals surface area contributed by atoms with E-state index in [-0.39, 0.29) is 11.5 Å². The van der Waals surface area contributed by atoms with Gasteiger partial charge in [-0.05, 0) is 37.0 Å². The number of hydrogen-bond donors (Lipinski definition) is 1. The number of rotatable bonds is 3. The summed E-state index contributed by atoms with van der Waals surface area (Å²) in [7, 11) is 0. The fourth-order valence-corrected chi connectivity index (χ4v) is 3.63. The first-order valence-corrected chi connectivity index (χ1v) is 8.29. The molecule has 7 heteroatoms. The van der Waals surface area contributed by atoms with Gasteiger partial charge < -0.3 is 5.32 Å². The monoisotopic (exact) mass is 427 g/mol. The first-order valence-electron chi connectivity index (χ1n) is 6.58. The standard InChI is InChI=1S/C14H14Br2F3NO/c15-9-4-5-10(11(6-9)14(17,18)19)13(21)20-7-8-2-1-3-12(8)16/h4-6,8,12H,1-3,7H2,(H,20,21). The van der Waals surface area contributed by atoms with Gasteiger partial charge in [0.05, 0.1) is 11.1 Å². The zero-order valence-corrected chi connectivity index (χ0v) is 14.2. The van der Waals surface area contributed by atoms with Crippen molar-refractivity contribution in [2.45, 2.75) is 30.3 Å². The lowest BCUT2D eigenvalue weighted by molar-refractivity contribution is -0.138. The predicted octanol–water partition coefficient (Wildman–Crippen LogP) is 4.76. The van der Waals surface area contributed by atoms with E-state index in [9.17, 15) is 18.0 Å². The molecule has 0 aliphatic heterocycles. The minimum absolute atomic E-state index is 0.277. The average Bonchev–Trinajstić information content (AvgIpc) is 2.80. The molecule has 0 saturated heterocycles. The third-order valence-corrected chi connectivity index (χ3v) is 5.32. The fourth-order valence-electron chi connectivity index (χ4n) is 2.49. The molecule has 1 saturated carbocycles. The minimum Gasteiger partial charge on any atom is -0.352 e. The fraction of sp³-hybridized carbons (Fsp3) is 0.500. The quantitative estimate of drug-likeness (QED) is 0.691. The molecule has 0 bridgehead atoms. The number of halogens is 5. The highest BCUT2D eigenvalue weighted by Crippen LogP contribution is 2.34. The van der Waals surface area contributed by atoms with Gasteiger partial charge in [0, 0.05) is 15.8 Å². The van der Waals surface area contributed by atoms with E-state index in [0.717, 1.165) is 25.3 Å². The Bertz CT molecular complexity index is 533. The Morgan fingerprint density at radius 1 is 1.33 bits per heavy atom. The van der Waals surface area contributed by atoms with E-state index in [1.165, 1.54) is 12.1 Å². The minimum atomic E-state index is -4.55. The largest absolute Gasteiger partial charge is 0.417 e. The molecule has 0 spiro atoms. The number of hydrogen-bond acceptors (Lipinski definition) is 1. The van der Waals surface area contributed by atoms with E-state index in [1.807, 2.05) is 0 Å². The Hall–Kier alpha value is -0.560. The summed E-state index contributed by atoms with van der Waals surface area (Å²) in [6.07, 6.45) is -1.47. The van der Waals surface area contributed by atoms with Gasteiger partial charge in [-0.2, -0.15) is 13.2 Å². The highest BCUT2D eigenvalue weighted by atomic mass is 79.9. The van der Waals surface area contributed by atoms with Gasteiger partial charge in [0.2, 0.25) is 0 Å². The summed E-state index contributed by atoms with van der Waals surface area (Å²) in [5, 5.41) is 2.62. The lowest BCUT2D eigenvalue weighted by atomic mass is 10.1. The van der Waals surface area contributed by atoms with Crippen molar-refractivity contribution in [1.82, 2.24) is 5.32 Å². The summed E-state index contributed by atoms with van der Waals surface area (Å²) in [6, 6.07) is 3.56. The predicted molar refractivity (Wildman–Crippen MR) is 81.5 cm³/mol. The number of carbonyl (C=O) groups is 1. The Morgan fingerprint density at radius 3 is 2.62 bits per heavy atom. The van der Waals surface area contributed by atoms with E-state index in [2.05, 4.69) is 37.2 Å². The van der Waals surface area contributed by atoms with Crippen molar-refractivity contribution < 1.29 is 18.0 Å². The number of benzene rings is 1. The van der Waals surface area contributed by atoms with Crippen molar-refractivity contribution in [3.63, 3.8) is 0 Å². The van der Waals surface area contributed by atoms with E-state index in [0.29, 0.717) is 15.8 Å². The van der Waals surface area contributed by atoms with Gasteiger partial charge >= 0.3 is 6.18 Å². The second-order valence-electron chi connectivity index (χ2n) is 5.10. The second-order valence-corrected chi connectivity index (χ2v) is 7.20. The normalized spacial score (nSPS) is 22.3. The smallest absolute Gasteiger partial charge is 0.352 e. The summed E-state index contributed by atoms with van der Waals surface area (Å²) >= 11 is 6.53. The summed E-state index contributed by atoms with van der Waals surface area (Å²) < 4.78 is 39.2. The molecule has 0 aromatic heterocycles. The molecule has 2 atom stereocenters. The molecule has 1 aliphatic carbocycles. The van der Waals surface area contributed by atoms with Gasteiger partial charge in [-0.25, -0.2) is 0 Å². The van der Waals surface area contributed by atoms with E-state index < -0.39 is 17.6 Å². The Morgan fingerprint density at radius 2 is 2.05 bits per heavy atom. The molecule has 1 aromatic carbocycles. The van der Waals surface area contributed by atoms with Crippen LogP contribution in [0.2, 0.25) is 0 Å². The van der Waals surface area contributed by atoms with Gasteiger partial charge in [0.15, 0.2) is 0 Å². The second kappa shape index (κ2) is 6.69. The van der Waals surface area contributed by atoms with Crippen LogP contribution in [0.25, 0.3) is 0 Å². The van der Waals surface area contributed by atoms with Crippen LogP contribution in [0, 0.1) is 5.92 Å². The van der Waals surface area contributed by atoms with Crippen molar-refractivity contribution in [1.29, 1.82) is 0 Å². The van der Waals surface area contributed by atoms with Crippen molar-refractivity contribution in [2.75, 3.05) is 6.54 Å². The summed E-state index contributed by atoms with van der Waals surface area (Å²) in [6.45, 7) is 0.391. The lowest BCUT2D eigenvalue weighted by Gasteiger charge is -2.17. The van der Waals surface area contributed by atoms with Crippen molar-refractivity contribution in [3.05, 3.63) is 33.8 Å². The van der Waals surface area contributed by atoms with Gasteiger partial charge in [-0.3, -0.25) is 4.79 Å². The van der Waals surface area contributed by atoms with Crippen LogP contribution >= 0.6 is 31.9 Å². The molecule has 1 N–H and O–H groups in total. The van der Waals surface area contributed by atoms with Crippen molar-refractivity contribution in [2.24, 2.45) is 5.92 Å². The van der Waals surface area contributed by atoms with Crippen LogP contribution in [-0.2, 0) is 6.18 Å². The third kappa shape index (κ3) is 4.22. The average molecular weight is 429 g/mol. The van der Waals surface area contributed by atoms with Gasteiger partial charge in [-0.15, -0.1) is 0 Å². The van der Waals surface area contributed by atoms with Gasteiger partial charge in [0.25, 0.3) is 5.91 Å². The van der Waals surface area contributed by atoms with Crippen LogP contribution < -0.4 is 5.32 Å². The molecule has 1 amide bonds. The number of alkyl halides is 4. The van der Waals surface area contributed by atoms with Crippen LogP contribution in [0.5, 0.6) is 0 Å². The van der Waals surface area contributed by atoms with Gasteiger partial charge in [0.1, 0.15) is 0 Å². The van der Waals surface area contributed by atoms with Gasteiger partial charge in [-0.1, -0.05) is 38.3 Å². The van der Waals surface area contributed by atoms with Crippen molar-refractivity contribution in [3.8, 4) is 0 Å². The maximum absolute atomic E-state index is 13.0. The number of nitrogens with one attached hydrogen (secondary N) is 1. The Kier molecular flexibility index (Phi) is 5.35. The maximum Gasteiger partial charge on any atom is 0.417 e. The Balaban J connectivity index is 2.12. The molecule has 2 rings (SSSR count). The van der Waals surface area contributed by atoms with E-state index >= 15 is 0 Å². The molecule has 116 valence electrons. The molecule has 2 nitrogen and oxygen atoms in total. The molecule has 2 unspecified atom stereocenters. The first kappa shape index (κ1) is 16.8. The highest BCUT2D eigenvalue weighted by Gasteiger charge is 2.35. The molecule has 1 aromatic rings. The van der Waals surface area contributed by atoms with Crippen LogP contribution in [0.3, 0.4) is 0 Å². The van der Waals surface area contributed by atoms with Crippen LogP contribution in [0.4, 0.5) is 13.2 Å². The Labute approximate surface area is 137 Å². The maximum atomic E-state index is 13.0. The molecule has 0 radical (unpaired) electrons. The zero-order valence-electron chi connectivity index (χ0n) is 11.0. The molecule has 0 heterocycles. The SMILES string of the molecule is O=C(NCC1CCCC1Br)c1ccc(Br)cc1C(F)(F)F. The first-order chi connectivity index (χ1) is 9.79. The van der Waals surface area contributed by atoms with Crippen LogP contribution in [0.15, 0.2) is 22.7 Å².